The molecule has 1 aromatic rings. The van der Waals surface area contributed by atoms with Gasteiger partial charge < -0.3 is 14.7 Å². The summed E-state index contributed by atoms with van der Waals surface area (Å²) in [4.78, 5) is 24.0. The van der Waals surface area contributed by atoms with E-state index < -0.39 is 33.6 Å². The fraction of sp³-hybridized carbons (Fsp3) is 0.429. The molecule has 0 saturated carbocycles. The summed E-state index contributed by atoms with van der Waals surface area (Å²) in [5.74, 6) is -1.45. The standard InChI is InChI=1S/C14H17NO6S/c16-13(17)8-12-9-15(6-7-22(12,19)20)14(18)21-10-11-4-2-1-3-5-11/h1-5,12H,6-10H2,(H,16,17). The molecule has 1 atom stereocenters. The zero-order chi connectivity index (χ0) is 16.2. The van der Waals surface area contributed by atoms with Crippen molar-refractivity contribution in [2.24, 2.45) is 0 Å². The van der Waals surface area contributed by atoms with Gasteiger partial charge in [0.1, 0.15) is 6.61 Å². The Kier molecular flexibility index (Phi) is 5.02. The van der Waals surface area contributed by atoms with Crippen molar-refractivity contribution in [3.63, 3.8) is 0 Å². The second-order valence-electron chi connectivity index (χ2n) is 5.07. The smallest absolute Gasteiger partial charge is 0.410 e. The molecule has 0 bridgehead atoms. The minimum Gasteiger partial charge on any atom is -0.481 e. The largest absolute Gasteiger partial charge is 0.481 e. The van der Waals surface area contributed by atoms with Gasteiger partial charge >= 0.3 is 12.1 Å². The highest BCUT2D eigenvalue weighted by molar-refractivity contribution is 7.92. The first-order valence-electron chi connectivity index (χ1n) is 6.77. The van der Waals surface area contributed by atoms with Crippen molar-refractivity contribution in [3.05, 3.63) is 35.9 Å². The number of carbonyl (C=O) groups is 2. The minimum absolute atomic E-state index is 0.0199. The lowest BCUT2D eigenvalue weighted by atomic mass is 10.2. The molecule has 0 spiro atoms. The van der Waals surface area contributed by atoms with E-state index in [0.717, 1.165) is 5.56 Å². The zero-order valence-corrected chi connectivity index (χ0v) is 12.7. The van der Waals surface area contributed by atoms with Gasteiger partial charge in [0.05, 0.1) is 17.4 Å². The van der Waals surface area contributed by atoms with Gasteiger partial charge in [-0.25, -0.2) is 13.2 Å². The number of carbonyl (C=O) groups excluding carboxylic acids is 1. The summed E-state index contributed by atoms with van der Waals surface area (Å²) in [6.45, 7) is -0.0408. The summed E-state index contributed by atoms with van der Waals surface area (Å²) in [5.41, 5.74) is 0.822. The van der Waals surface area contributed by atoms with Gasteiger partial charge in [-0.3, -0.25) is 4.79 Å². The van der Waals surface area contributed by atoms with E-state index in [2.05, 4.69) is 0 Å². The molecule has 1 unspecified atom stereocenters. The van der Waals surface area contributed by atoms with Crippen molar-refractivity contribution in [2.45, 2.75) is 18.3 Å². The van der Waals surface area contributed by atoms with E-state index in [-0.39, 0.29) is 25.4 Å². The number of carboxylic acids is 1. The molecular formula is C14H17NO6S. The van der Waals surface area contributed by atoms with E-state index in [1.54, 1.807) is 12.1 Å². The average molecular weight is 327 g/mol. The van der Waals surface area contributed by atoms with Crippen LogP contribution in [0.25, 0.3) is 0 Å². The summed E-state index contributed by atoms with van der Waals surface area (Å²) < 4.78 is 28.8. The second kappa shape index (κ2) is 6.78. The summed E-state index contributed by atoms with van der Waals surface area (Å²) in [7, 11) is -3.48. The van der Waals surface area contributed by atoms with E-state index in [9.17, 15) is 18.0 Å². The molecule has 1 heterocycles. The van der Waals surface area contributed by atoms with Crippen LogP contribution in [0.2, 0.25) is 0 Å². The van der Waals surface area contributed by atoms with Crippen molar-refractivity contribution < 1.29 is 27.9 Å². The van der Waals surface area contributed by atoms with E-state index in [0.29, 0.717) is 0 Å². The van der Waals surface area contributed by atoms with E-state index in [1.165, 1.54) is 4.90 Å². The van der Waals surface area contributed by atoms with Crippen molar-refractivity contribution in [1.82, 2.24) is 4.90 Å². The maximum absolute atomic E-state index is 12.0. The lowest BCUT2D eigenvalue weighted by Crippen LogP contribution is -2.50. The zero-order valence-electron chi connectivity index (χ0n) is 11.8. The second-order valence-corrected chi connectivity index (χ2v) is 7.47. The summed E-state index contributed by atoms with van der Waals surface area (Å²) in [6.07, 6.45) is -1.14. The molecule has 1 aliphatic rings. The Morgan fingerprint density at radius 3 is 2.59 bits per heavy atom. The summed E-state index contributed by atoms with van der Waals surface area (Å²) in [6, 6.07) is 9.10. The normalized spacial score (nSPS) is 20.4. The number of nitrogens with zero attached hydrogens (tertiary/aromatic N) is 1. The Morgan fingerprint density at radius 2 is 1.95 bits per heavy atom. The summed E-state index contributed by atoms with van der Waals surface area (Å²) in [5, 5.41) is 7.70. The van der Waals surface area contributed by atoms with Gasteiger partial charge in [0.25, 0.3) is 0 Å². The van der Waals surface area contributed by atoms with Crippen molar-refractivity contribution in [2.75, 3.05) is 18.8 Å². The fourth-order valence-electron chi connectivity index (χ4n) is 2.22. The van der Waals surface area contributed by atoms with Crippen LogP contribution in [0.4, 0.5) is 4.79 Å². The van der Waals surface area contributed by atoms with E-state index in [1.807, 2.05) is 18.2 Å². The van der Waals surface area contributed by atoms with Crippen LogP contribution in [0.3, 0.4) is 0 Å². The van der Waals surface area contributed by atoms with E-state index >= 15 is 0 Å². The maximum atomic E-state index is 12.0. The maximum Gasteiger partial charge on any atom is 0.410 e. The Labute approximate surface area is 128 Å². The molecule has 120 valence electrons. The monoisotopic (exact) mass is 327 g/mol. The van der Waals surface area contributed by atoms with Crippen LogP contribution in [0, 0.1) is 0 Å². The van der Waals surface area contributed by atoms with Gasteiger partial charge in [-0.15, -0.1) is 0 Å². The van der Waals surface area contributed by atoms with Crippen LogP contribution < -0.4 is 0 Å². The van der Waals surface area contributed by atoms with Gasteiger partial charge in [0, 0.05) is 13.1 Å². The highest BCUT2D eigenvalue weighted by Crippen LogP contribution is 2.17. The third kappa shape index (κ3) is 4.20. The first-order chi connectivity index (χ1) is 10.4. The molecule has 2 rings (SSSR count). The molecule has 0 radical (unpaired) electrons. The van der Waals surface area contributed by atoms with Gasteiger partial charge in [-0.1, -0.05) is 30.3 Å². The number of amides is 1. The highest BCUT2D eigenvalue weighted by atomic mass is 32.2. The molecule has 22 heavy (non-hydrogen) atoms. The Morgan fingerprint density at radius 1 is 1.27 bits per heavy atom. The third-order valence-corrected chi connectivity index (χ3v) is 5.53. The predicted molar refractivity (Wildman–Crippen MR) is 78.0 cm³/mol. The number of ether oxygens (including phenoxy) is 1. The quantitative estimate of drug-likeness (QED) is 0.881. The highest BCUT2D eigenvalue weighted by Gasteiger charge is 2.36. The SMILES string of the molecule is O=C(O)CC1CN(C(=O)OCc2ccccc2)CCS1(=O)=O. The van der Waals surface area contributed by atoms with Crippen molar-refractivity contribution in [3.8, 4) is 0 Å². The first kappa shape index (κ1) is 16.3. The number of hydrogen-bond acceptors (Lipinski definition) is 5. The average Bonchev–Trinajstić information content (AvgIpc) is 2.47. The van der Waals surface area contributed by atoms with Gasteiger partial charge in [0.15, 0.2) is 9.84 Å². The molecule has 1 fully saturated rings. The molecule has 8 heteroatoms. The molecule has 1 amide bonds. The molecule has 0 aliphatic carbocycles. The molecule has 1 N–H and O–H groups in total. The first-order valence-corrected chi connectivity index (χ1v) is 8.49. The predicted octanol–water partition coefficient (Wildman–Crippen LogP) is 0.897. The molecule has 0 aromatic heterocycles. The number of hydrogen-bond donors (Lipinski definition) is 1. The van der Waals surface area contributed by atoms with Gasteiger partial charge in [-0.05, 0) is 5.56 Å². The number of benzene rings is 1. The lowest BCUT2D eigenvalue weighted by molar-refractivity contribution is -0.137. The van der Waals surface area contributed by atoms with Crippen LogP contribution in [0.15, 0.2) is 30.3 Å². The topological polar surface area (TPSA) is 101 Å². The van der Waals surface area contributed by atoms with E-state index in [4.69, 9.17) is 9.84 Å². The Bertz CT molecular complexity index is 643. The third-order valence-electron chi connectivity index (χ3n) is 3.44. The Balaban J connectivity index is 1.94. The molecule has 1 aliphatic heterocycles. The molecule has 7 nitrogen and oxygen atoms in total. The van der Waals surface area contributed by atoms with Crippen LogP contribution in [-0.2, 0) is 26.0 Å². The van der Waals surface area contributed by atoms with Crippen LogP contribution in [0.1, 0.15) is 12.0 Å². The molecule has 1 aromatic carbocycles. The van der Waals surface area contributed by atoms with Crippen LogP contribution in [-0.4, -0.2) is 54.6 Å². The number of carboxylic acid groups (broad SMARTS) is 1. The molecule has 1 saturated heterocycles. The van der Waals surface area contributed by atoms with Crippen molar-refractivity contribution in [1.29, 1.82) is 0 Å². The number of aliphatic carboxylic acids is 1. The minimum atomic E-state index is -3.48. The fourth-order valence-corrected chi connectivity index (χ4v) is 3.83. The van der Waals surface area contributed by atoms with Crippen LogP contribution >= 0.6 is 0 Å². The lowest BCUT2D eigenvalue weighted by Gasteiger charge is -2.31. The Hall–Kier alpha value is -2.09. The number of sulfone groups is 1. The summed E-state index contributed by atoms with van der Waals surface area (Å²) >= 11 is 0. The molecular weight excluding hydrogens is 310 g/mol. The van der Waals surface area contributed by atoms with Gasteiger partial charge in [-0.2, -0.15) is 0 Å². The number of rotatable bonds is 4. The van der Waals surface area contributed by atoms with Crippen LogP contribution in [0.5, 0.6) is 0 Å². The van der Waals surface area contributed by atoms with Crippen molar-refractivity contribution >= 4 is 21.9 Å². The van der Waals surface area contributed by atoms with Gasteiger partial charge in [0.2, 0.25) is 0 Å².